The highest BCUT2D eigenvalue weighted by Crippen LogP contribution is 2.38. The fourth-order valence-electron chi connectivity index (χ4n) is 6.54. The van der Waals surface area contributed by atoms with Crippen LogP contribution in [0, 0.1) is 13.8 Å². The summed E-state index contributed by atoms with van der Waals surface area (Å²) in [6.45, 7) is 17.5. The zero-order valence-corrected chi connectivity index (χ0v) is 22.5. The third-order valence-electron chi connectivity index (χ3n) is 8.51. The van der Waals surface area contributed by atoms with Gasteiger partial charge in [0, 0.05) is 47.0 Å². The Morgan fingerprint density at radius 3 is 2.37 bits per heavy atom. The Balaban J connectivity index is 1.31. The molecule has 2 fully saturated rings. The van der Waals surface area contributed by atoms with Crippen LogP contribution in [0.3, 0.4) is 0 Å². The average molecular weight is 473 g/mol. The summed E-state index contributed by atoms with van der Waals surface area (Å²) in [5.74, 6) is 1.13. The Morgan fingerprint density at radius 2 is 1.69 bits per heavy atom. The molecular weight excluding hydrogens is 428 g/mol. The smallest absolute Gasteiger partial charge is 0.0501 e. The van der Waals surface area contributed by atoms with Gasteiger partial charge < -0.3 is 9.88 Å². The van der Waals surface area contributed by atoms with Crippen molar-refractivity contribution in [2.75, 3.05) is 32.7 Å². The number of nitrogens with zero attached hydrogens (tertiary/aromatic N) is 3. The minimum Gasteiger partial charge on any atom is -0.354 e. The van der Waals surface area contributed by atoms with Crippen LogP contribution in [-0.2, 0) is 0 Å². The van der Waals surface area contributed by atoms with Crippen molar-refractivity contribution < 1.29 is 0 Å². The zero-order chi connectivity index (χ0) is 24.5. The third-order valence-corrected chi connectivity index (χ3v) is 8.51. The first-order chi connectivity index (χ1) is 16.9. The lowest BCUT2D eigenvalue weighted by Gasteiger charge is -2.37. The van der Waals surface area contributed by atoms with E-state index < -0.39 is 0 Å². The molecule has 1 N–H and O–H groups in total. The van der Waals surface area contributed by atoms with Gasteiger partial charge in [0.25, 0.3) is 0 Å². The molecule has 4 heterocycles. The molecule has 0 bridgehead atoms. The highest BCUT2D eigenvalue weighted by molar-refractivity contribution is 5.92. The molecule has 2 aromatic heterocycles. The summed E-state index contributed by atoms with van der Waals surface area (Å²) >= 11 is 0. The summed E-state index contributed by atoms with van der Waals surface area (Å²) in [5.41, 5.74) is 8.91. The van der Waals surface area contributed by atoms with Crippen LogP contribution in [0.2, 0.25) is 0 Å². The van der Waals surface area contributed by atoms with Crippen LogP contribution >= 0.6 is 0 Å². The summed E-state index contributed by atoms with van der Waals surface area (Å²) in [6, 6.07) is 12.4. The number of nitrogens with one attached hydrogen (secondary N) is 1. The van der Waals surface area contributed by atoms with Gasteiger partial charge in [0.1, 0.15) is 0 Å². The van der Waals surface area contributed by atoms with Gasteiger partial charge in [-0.25, -0.2) is 0 Å². The molecule has 0 radical (unpaired) electrons. The zero-order valence-electron chi connectivity index (χ0n) is 22.5. The maximum absolute atomic E-state index is 4.59. The number of fused-ring (bicyclic) bond motifs is 1. The number of H-pyrrole nitrogens is 1. The van der Waals surface area contributed by atoms with Crippen molar-refractivity contribution in [1.82, 2.24) is 19.8 Å². The van der Waals surface area contributed by atoms with E-state index in [9.17, 15) is 0 Å². The molecule has 5 rings (SSSR count). The molecule has 4 heteroatoms. The van der Waals surface area contributed by atoms with E-state index in [4.69, 9.17) is 0 Å². The van der Waals surface area contributed by atoms with Crippen molar-refractivity contribution in [2.45, 2.75) is 84.6 Å². The van der Waals surface area contributed by atoms with Crippen LogP contribution in [0.15, 0.2) is 30.3 Å². The van der Waals surface area contributed by atoms with Gasteiger partial charge in [-0.05, 0) is 113 Å². The molecule has 2 aliphatic rings. The first-order valence-corrected chi connectivity index (χ1v) is 14.0. The van der Waals surface area contributed by atoms with Crippen LogP contribution in [0.4, 0.5) is 0 Å². The van der Waals surface area contributed by atoms with E-state index in [1.807, 2.05) is 0 Å². The normalized spacial score (nSPS) is 20.8. The maximum Gasteiger partial charge on any atom is 0.0501 e. The van der Waals surface area contributed by atoms with E-state index in [1.54, 1.807) is 0 Å². The summed E-state index contributed by atoms with van der Waals surface area (Å²) in [5, 5.41) is 1.40. The fraction of sp³-hybridized carbons (Fsp3) is 0.581. The van der Waals surface area contributed by atoms with Crippen LogP contribution in [-0.4, -0.2) is 58.5 Å². The number of benzene rings is 1. The second kappa shape index (κ2) is 10.4. The minimum atomic E-state index is 0.460. The standard InChI is InChI=1S/C31H44N4/c1-21(2)30-28-20-26(9-10-29(28)33-31(30)27-18-22(3)32-23(4)19-27)25-11-14-34(15-12-25)16-17-35-13-7-6-8-24(35)5/h9-10,18-21,24-25,33H,6-8,11-17H2,1-5H3. The minimum absolute atomic E-state index is 0.460. The summed E-state index contributed by atoms with van der Waals surface area (Å²) in [4.78, 5) is 13.8. The van der Waals surface area contributed by atoms with E-state index >= 15 is 0 Å². The van der Waals surface area contributed by atoms with Gasteiger partial charge in [0.2, 0.25) is 0 Å². The van der Waals surface area contributed by atoms with Crippen molar-refractivity contribution >= 4 is 10.9 Å². The Bertz CT molecular complexity index is 1130. The topological polar surface area (TPSA) is 35.2 Å². The van der Waals surface area contributed by atoms with Gasteiger partial charge in [-0.1, -0.05) is 26.3 Å². The molecule has 0 amide bonds. The largest absolute Gasteiger partial charge is 0.354 e. The first-order valence-electron chi connectivity index (χ1n) is 14.0. The third kappa shape index (κ3) is 5.34. The predicted molar refractivity (Wildman–Crippen MR) is 148 cm³/mol. The van der Waals surface area contributed by atoms with Crippen molar-refractivity contribution in [3.05, 3.63) is 52.8 Å². The van der Waals surface area contributed by atoms with E-state index in [0.29, 0.717) is 11.8 Å². The van der Waals surface area contributed by atoms with Crippen molar-refractivity contribution in [2.24, 2.45) is 0 Å². The van der Waals surface area contributed by atoms with Crippen LogP contribution in [0.5, 0.6) is 0 Å². The lowest BCUT2D eigenvalue weighted by Crippen LogP contribution is -2.44. The van der Waals surface area contributed by atoms with Crippen molar-refractivity contribution in [3.8, 4) is 11.3 Å². The molecule has 1 atom stereocenters. The molecule has 0 aliphatic carbocycles. The van der Waals surface area contributed by atoms with Crippen LogP contribution in [0.1, 0.15) is 87.2 Å². The molecule has 188 valence electrons. The quantitative estimate of drug-likeness (QED) is 0.418. The number of piperidine rings is 2. The van der Waals surface area contributed by atoms with E-state index in [1.165, 1.54) is 98.1 Å². The van der Waals surface area contributed by atoms with Crippen LogP contribution in [0.25, 0.3) is 22.2 Å². The van der Waals surface area contributed by atoms with Gasteiger partial charge in [0.05, 0.1) is 5.69 Å². The number of aromatic amines is 1. The van der Waals surface area contributed by atoms with E-state index in [2.05, 4.69) is 84.7 Å². The number of rotatable bonds is 6. The second-order valence-corrected chi connectivity index (χ2v) is 11.5. The Morgan fingerprint density at radius 1 is 0.943 bits per heavy atom. The monoisotopic (exact) mass is 472 g/mol. The first kappa shape index (κ1) is 24.5. The van der Waals surface area contributed by atoms with Gasteiger partial charge in [-0.2, -0.15) is 0 Å². The van der Waals surface area contributed by atoms with E-state index in [-0.39, 0.29) is 0 Å². The van der Waals surface area contributed by atoms with Gasteiger partial charge in [-0.15, -0.1) is 0 Å². The van der Waals surface area contributed by atoms with Gasteiger partial charge in [-0.3, -0.25) is 9.88 Å². The molecule has 1 unspecified atom stereocenters. The Labute approximate surface area is 212 Å². The molecule has 2 aliphatic heterocycles. The molecule has 35 heavy (non-hydrogen) atoms. The maximum atomic E-state index is 4.59. The van der Waals surface area contributed by atoms with Crippen LogP contribution < -0.4 is 0 Å². The van der Waals surface area contributed by atoms with E-state index in [0.717, 1.165) is 17.4 Å². The Kier molecular flexibility index (Phi) is 7.31. The molecule has 3 aromatic rings. The molecule has 4 nitrogen and oxygen atoms in total. The number of hydrogen-bond acceptors (Lipinski definition) is 3. The number of pyridine rings is 1. The summed E-state index contributed by atoms with van der Waals surface area (Å²) in [7, 11) is 0. The summed E-state index contributed by atoms with van der Waals surface area (Å²) < 4.78 is 0. The molecule has 0 saturated carbocycles. The fourth-order valence-corrected chi connectivity index (χ4v) is 6.54. The molecule has 1 aromatic carbocycles. The van der Waals surface area contributed by atoms with Crippen molar-refractivity contribution in [1.29, 1.82) is 0 Å². The van der Waals surface area contributed by atoms with Gasteiger partial charge >= 0.3 is 0 Å². The molecular formula is C31H44N4. The number of likely N-dealkylation sites (tertiary alicyclic amines) is 2. The average Bonchev–Trinajstić information content (AvgIpc) is 3.22. The molecule has 0 spiro atoms. The molecule has 2 saturated heterocycles. The highest BCUT2D eigenvalue weighted by Gasteiger charge is 2.24. The second-order valence-electron chi connectivity index (χ2n) is 11.5. The number of aromatic nitrogens is 2. The summed E-state index contributed by atoms with van der Waals surface area (Å²) in [6.07, 6.45) is 6.73. The Hall–Kier alpha value is -2.17. The van der Waals surface area contributed by atoms with Gasteiger partial charge in [0.15, 0.2) is 0 Å². The predicted octanol–water partition coefficient (Wildman–Crippen LogP) is 7.02. The number of aryl methyl sites for hydroxylation is 2. The SMILES string of the molecule is Cc1cc(-c2[nH]c3ccc(C4CCN(CCN5CCCCC5C)CC4)cc3c2C(C)C)cc(C)n1. The lowest BCUT2D eigenvalue weighted by molar-refractivity contribution is 0.124. The number of hydrogen-bond donors (Lipinski definition) is 1. The lowest BCUT2D eigenvalue weighted by atomic mass is 9.87. The highest BCUT2D eigenvalue weighted by atomic mass is 15.2. The van der Waals surface area contributed by atoms with Crippen molar-refractivity contribution in [3.63, 3.8) is 0 Å².